The van der Waals surface area contributed by atoms with Crippen LogP contribution in [0.4, 0.5) is 0 Å². The first-order chi connectivity index (χ1) is 9.90. The van der Waals surface area contributed by atoms with Crippen LogP contribution in [0.1, 0.15) is 0 Å². The van der Waals surface area contributed by atoms with E-state index < -0.39 is 0 Å². The second-order valence-corrected chi connectivity index (χ2v) is 4.53. The molecule has 0 saturated heterocycles. The molecular weight excluding hydrogens is 250 g/mol. The average Bonchev–Trinajstić information content (AvgIpc) is 2.90. The van der Waals surface area contributed by atoms with Gasteiger partial charge in [-0.05, 0) is 24.3 Å². The quantitative estimate of drug-likeness (QED) is 0.521. The molecule has 0 radical (unpaired) electrons. The van der Waals surface area contributed by atoms with Crippen LogP contribution in [0.25, 0.3) is 21.9 Å². The molecule has 4 rings (SSSR count). The highest BCUT2D eigenvalue weighted by Gasteiger charge is 2.08. The smallest absolute Gasteiger partial charge is 0.291 e. The lowest BCUT2D eigenvalue weighted by molar-refractivity contribution is 0.363. The normalized spacial score (nSPS) is 11.0. The number of fused-ring (bicyclic) bond motifs is 2. The van der Waals surface area contributed by atoms with E-state index in [1.807, 2.05) is 60.7 Å². The summed E-state index contributed by atoms with van der Waals surface area (Å²) in [6.45, 7) is 0. The third-order valence-corrected chi connectivity index (χ3v) is 3.22. The van der Waals surface area contributed by atoms with Gasteiger partial charge in [0.1, 0.15) is 11.3 Å². The SMILES string of the molecule is c1ccc2oc(Oc3ccnc4ccccc34)cc2c1. The molecule has 3 heteroatoms. The Morgan fingerprint density at radius 1 is 0.900 bits per heavy atom. The van der Waals surface area contributed by atoms with Crippen LogP contribution < -0.4 is 4.74 Å². The Kier molecular flexibility index (Phi) is 2.42. The zero-order valence-electron chi connectivity index (χ0n) is 10.6. The van der Waals surface area contributed by atoms with Gasteiger partial charge in [0.2, 0.25) is 0 Å². The van der Waals surface area contributed by atoms with Crippen molar-refractivity contribution in [3.63, 3.8) is 0 Å². The molecule has 0 aliphatic carbocycles. The van der Waals surface area contributed by atoms with Crippen LogP contribution in [-0.4, -0.2) is 4.98 Å². The molecule has 0 N–H and O–H groups in total. The van der Waals surface area contributed by atoms with Crippen molar-refractivity contribution < 1.29 is 9.15 Å². The number of furan rings is 1. The number of hydrogen-bond donors (Lipinski definition) is 0. The number of pyridine rings is 1. The van der Waals surface area contributed by atoms with E-state index in [-0.39, 0.29) is 0 Å². The van der Waals surface area contributed by atoms with Gasteiger partial charge in [-0.15, -0.1) is 0 Å². The molecule has 3 nitrogen and oxygen atoms in total. The lowest BCUT2D eigenvalue weighted by atomic mass is 10.2. The van der Waals surface area contributed by atoms with Gasteiger partial charge in [0.05, 0.1) is 5.52 Å². The Bertz CT molecular complexity index is 857. The Labute approximate surface area is 115 Å². The standard InChI is InChI=1S/C17H11NO2/c1-4-8-15-12(5-1)11-17(19-15)20-16-9-10-18-14-7-3-2-6-13(14)16/h1-11H. The van der Waals surface area contributed by atoms with Crippen LogP contribution in [0.15, 0.2) is 71.3 Å². The molecular formula is C17H11NO2. The van der Waals surface area contributed by atoms with Crippen molar-refractivity contribution in [2.45, 2.75) is 0 Å². The first-order valence-corrected chi connectivity index (χ1v) is 6.40. The van der Waals surface area contributed by atoms with Gasteiger partial charge < -0.3 is 9.15 Å². The van der Waals surface area contributed by atoms with Crippen LogP contribution in [-0.2, 0) is 0 Å². The number of nitrogens with zero attached hydrogens (tertiary/aromatic N) is 1. The van der Waals surface area contributed by atoms with E-state index in [4.69, 9.17) is 9.15 Å². The molecule has 0 spiro atoms. The van der Waals surface area contributed by atoms with Gasteiger partial charge in [-0.25, -0.2) is 0 Å². The fourth-order valence-electron chi connectivity index (χ4n) is 2.27. The second kappa shape index (κ2) is 4.38. The summed E-state index contributed by atoms with van der Waals surface area (Å²) in [4.78, 5) is 4.32. The third kappa shape index (κ3) is 1.80. The molecule has 0 aliphatic rings. The van der Waals surface area contributed by atoms with Gasteiger partial charge in [0, 0.05) is 23.0 Å². The van der Waals surface area contributed by atoms with E-state index >= 15 is 0 Å². The molecule has 0 fully saturated rings. The highest BCUT2D eigenvalue weighted by atomic mass is 16.6. The first-order valence-electron chi connectivity index (χ1n) is 6.40. The molecule has 2 aromatic heterocycles. The van der Waals surface area contributed by atoms with Gasteiger partial charge in [-0.2, -0.15) is 0 Å². The van der Waals surface area contributed by atoms with Gasteiger partial charge in [0.15, 0.2) is 0 Å². The van der Waals surface area contributed by atoms with Gasteiger partial charge in [0.25, 0.3) is 5.95 Å². The molecule has 2 aromatic carbocycles. The van der Waals surface area contributed by atoms with Crippen LogP contribution in [0.3, 0.4) is 0 Å². The molecule has 2 heterocycles. The van der Waals surface area contributed by atoms with E-state index in [0.717, 1.165) is 27.6 Å². The van der Waals surface area contributed by atoms with Crippen LogP contribution in [0.2, 0.25) is 0 Å². The fraction of sp³-hybridized carbons (Fsp3) is 0. The monoisotopic (exact) mass is 261 g/mol. The Morgan fingerprint density at radius 2 is 1.75 bits per heavy atom. The summed E-state index contributed by atoms with van der Waals surface area (Å²) in [7, 11) is 0. The fourth-order valence-corrected chi connectivity index (χ4v) is 2.27. The minimum atomic E-state index is 0.488. The molecule has 96 valence electrons. The lowest BCUT2D eigenvalue weighted by Crippen LogP contribution is -1.85. The molecule has 0 atom stereocenters. The van der Waals surface area contributed by atoms with Crippen molar-refractivity contribution >= 4 is 21.9 Å². The number of hydrogen-bond acceptors (Lipinski definition) is 3. The van der Waals surface area contributed by atoms with E-state index in [1.54, 1.807) is 6.20 Å². The number of ether oxygens (including phenoxy) is 1. The molecule has 0 unspecified atom stereocenters. The van der Waals surface area contributed by atoms with Crippen molar-refractivity contribution in [3.8, 4) is 11.7 Å². The van der Waals surface area contributed by atoms with E-state index in [9.17, 15) is 0 Å². The van der Waals surface area contributed by atoms with E-state index in [2.05, 4.69) is 4.98 Å². The topological polar surface area (TPSA) is 35.3 Å². The first kappa shape index (κ1) is 11.1. The molecule has 20 heavy (non-hydrogen) atoms. The van der Waals surface area contributed by atoms with E-state index in [1.165, 1.54) is 0 Å². The van der Waals surface area contributed by atoms with Crippen molar-refractivity contribution in [1.29, 1.82) is 0 Å². The van der Waals surface area contributed by atoms with Gasteiger partial charge >= 0.3 is 0 Å². The minimum absolute atomic E-state index is 0.488. The molecule has 0 amide bonds. The lowest BCUT2D eigenvalue weighted by Gasteiger charge is -2.05. The predicted molar refractivity (Wildman–Crippen MR) is 78.0 cm³/mol. The van der Waals surface area contributed by atoms with Crippen LogP contribution in [0.5, 0.6) is 11.7 Å². The summed E-state index contributed by atoms with van der Waals surface area (Å²) in [6, 6.07) is 19.4. The van der Waals surface area contributed by atoms with Gasteiger partial charge in [-0.1, -0.05) is 30.3 Å². The maximum Gasteiger partial charge on any atom is 0.291 e. The highest BCUT2D eigenvalue weighted by Crippen LogP contribution is 2.32. The van der Waals surface area contributed by atoms with Crippen molar-refractivity contribution in [2.24, 2.45) is 0 Å². The Hall–Kier alpha value is -2.81. The number of benzene rings is 2. The maximum absolute atomic E-state index is 5.87. The summed E-state index contributed by atoms with van der Waals surface area (Å²) in [6.07, 6.45) is 1.74. The summed E-state index contributed by atoms with van der Waals surface area (Å²) in [5, 5.41) is 2.00. The average molecular weight is 261 g/mol. The maximum atomic E-state index is 5.87. The molecule has 4 aromatic rings. The highest BCUT2D eigenvalue weighted by molar-refractivity contribution is 5.85. The van der Waals surface area contributed by atoms with Crippen LogP contribution >= 0.6 is 0 Å². The Balaban J connectivity index is 1.80. The van der Waals surface area contributed by atoms with Crippen molar-refractivity contribution in [2.75, 3.05) is 0 Å². The molecule has 0 bridgehead atoms. The molecule has 0 aliphatic heterocycles. The zero-order chi connectivity index (χ0) is 13.4. The summed E-state index contributed by atoms with van der Waals surface area (Å²) in [5.41, 5.74) is 1.72. The Morgan fingerprint density at radius 3 is 2.70 bits per heavy atom. The third-order valence-electron chi connectivity index (χ3n) is 3.22. The van der Waals surface area contributed by atoms with Crippen molar-refractivity contribution in [3.05, 3.63) is 66.9 Å². The van der Waals surface area contributed by atoms with Crippen LogP contribution in [0, 0.1) is 0 Å². The summed E-state index contributed by atoms with van der Waals surface area (Å²) >= 11 is 0. The minimum Gasteiger partial charge on any atom is -0.425 e. The number of aromatic nitrogens is 1. The summed E-state index contributed by atoms with van der Waals surface area (Å²) < 4.78 is 11.5. The number of para-hydroxylation sites is 2. The zero-order valence-corrected chi connectivity index (χ0v) is 10.6. The second-order valence-electron chi connectivity index (χ2n) is 4.53. The van der Waals surface area contributed by atoms with E-state index in [0.29, 0.717) is 5.95 Å². The largest absolute Gasteiger partial charge is 0.425 e. The summed E-state index contributed by atoms with van der Waals surface area (Å²) in [5.74, 6) is 1.23. The predicted octanol–water partition coefficient (Wildman–Crippen LogP) is 4.77. The van der Waals surface area contributed by atoms with Gasteiger partial charge in [-0.3, -0.25) is 4.98 Å². The number of rotatable bonds is 2. The molecule has 0 saturated carbocycles. The van der Waals surface area contributed by atoms with Crippen molar-refractivity contribution in [1.82, 2.24) is 4.98 Å².